The molecule has 170 valence electrons. The van der Waals surface area contributed by atoms with Crippen molar-refractivity contribution in [3.8, 4) is 0 Å². The van der Waals surface area contributed by atoms with Crippen LogP contribution >= 0.6 is 11.8 Å². The fourth-order valence-electron chi connectivity index (χ4n) is 3.46. The van der Waals surface area contributed by atoms with E-state index in [0.29, 0.717) is 28.2 Å². The molecule has 1 aromatic carbocycles. The lowest BCUT2D eigenvalue weighted by molar-refractivity contribution is 0.102. The Morgan fingerprint density at radius 3 is 2.67 bits per heavy atom. The first kappa shape index (κ1) is 22.3. The molecule has 4 aromatic rings. The first-order valence-corrected chi connectivity index (χ1v) is 11.2. The number of aromatic amines is 1. The Labute approximate surface area is 191 Å². The molecule has 0 aliphatic rings. The summed E-state index contributed by atoms with van der Waals surface area (Å²) in [5.41, 5.74) is 4.42. The predicted molar refractivity (Wildman–Crippen MR) is 125 cm³/mol. The van der Waals surface area contributed by atoms with Crippen LogP contribution in [0.3, 0.4) is 0 Å². The number of Topliss-reactive ketones (excluding diaryl/α,β-unsaturated/α-hetero) is 1. The quantitative estimate of drug-likeness (QED) is 0.227. The summed E-state index contributed by atoms with van der Waals surface area (Å²) in [6.07, 6.45) is 2.10. The maximum atomic E-state index is 13.1. The summed E-state index contributed by atoms with van der Waals surface area (Å²) in [5.74, 6) is -0.401. The van der Waals surface area contributed by atoms with Gasteiger partial charge in [-0.3, -0.25) is 28.5 Å². The van der Waals surface area contributed by atoms with Gasteiger partial charge >= 0.3 is 5.69 Å². The van der Waals surface area contributed by atoms with Crippen LogP contribution in [0.4, 0.5) is 5.82 Å². The van der Waals surface area contributed by atoms with Crippen LogP contribution in [-0.4, -0.2) is 30.6 Å². The average Bonchev–Trinajstić information content (AvgIpc) is 3.30. The van der Waals surface area contributed by atoms with Gasteiger partial charge in [0.05, 0.1) is 29.5 Å². The number of para-hydroxylation sites is 1. The minimum atomic E-state index is -0.838. The number of ketones is 1. The highest BCUT2D eigenvalue weighted by Crippen LogP contribution is 2.21. The fourth-order valence-corrected chi connectivity index (χ4v) is 4.33. The number of nitrogen functional groups attached to an aromatic ring is 1. The molecule has 0 saturated carbocycles. The highest BCUT2D eigenvalue weighted by molar-refractivity contribution is 7.99. The smallest absolute Gasteiger partial charge is 0.329 e. The molecule has 0 aliphatic carbocycles. The standard InChI is InChI=1S/C22H21N5O5S/c1-2-9-26-18(23)17(19(29)25-21(26)31)16(28)12-33-22-24-15-8-4-3-7-14(15)20(30)27(22)11-13-6-5-10-32-13/h3-8,10H,2,9,11-12,23H2,1H3,(H,25,29,31). The number of nitrogens with zero attached hydrogens (tertiary/aromatic N) is 3. The van der Waals surface area contributed by atoms with Crippen molar-refractivity contribution in [2.24, 2.45) is 0 Å². The van der Waals surface area contributed by atoms with Crippen LogP contribution in [0.15, 0.2) is 66.6 Å². The number of hydrogen-bond acceptors (Lipinski definition) is 8. The summed E-state index contributed by atoms with van der Waals surface area (Å²) in [6, 6.07) is 10.4. The van der Waals surface area contributed by atoms with Crippen molar-refractivity contribution in [2.45, 2.75) is 31.6 Å². The van der Waals surface area contributed by atoms with Crippen LogP contribution in [0.1, 0.15) is 29.5 Å². The lowest BCUT2D eigenvalue weighted by atomic mass is 10.2. The summed E-state index contributed by atoms with van der Waals surface area (Å²) in [5, 5.41) is 0.729. The van der Waals surface area contributed by atoms with E-state index in [1.807, 2.05) is 6.92 Å². The minimum absolute atomic E-state index is 0.129. The van der Waals surface area contributed by atoms with E-state index in [4.69, 9.17) is 10.2 Å². The number of hydrogen-bond donors (Lipinski definition) is 2. The first-order chi connectivity index (χ1) is 15.9. The molecule has 10 nitrogen and oxygen atoms in total. The lowest BCUT2D eigenvalue weighted by Crippen LogP contribution is -2.36. The predicted octanol–water partition coefficient (Wildman–Crippen LogP) is 1.85. The Balaban J connectivity index is 1.71. The molecule has 0 amide bonds. The Morgan fingerprint density at radius 2 is 1.94 bits per heavy atom. The van der Waals surface area contributed by atoms with Crippen LogP contribution in [0, 0.1) is 0 Å². The Kier molecular flexibility index (Phi) is 6.31. The number of carbonyl (C=O) groups excluding carboxylic acids is 1. The molecule has 0 bridgehead atoms. The van der Waals surface area contributed by atoms with Crippen LogP contribution in [-0.2, 0) is 13.1 Å². The summed E-state index contributed by atoms with van der Waals surface area (Å²) < 4.78 is 7.96. The highest BCUT2D eigenvalue weighted by Gasteiger charge is 2.21. The van der Waals surface area contributed by atoms with E-state index in [0.717, 1.165) is 11.8 Å². The van der Waals surface area contributed by atoms with E-state index in [1.165, 1.54) is 15.4 Å². The molecule has 11 heteroatoms. The molecule has 0 spiro atoms. The van der Waals surface area contributed by atoms with E-state index in [9.17, 15) is 19.2 Å². The van der Waals surface area contributed by atoms with Gasteiger partial charge < -0.3 is 10.2 Å². The summed E-state index contributed by atoms with van der Waals surface area (Å²) >= 11 is 1.01. The molecular weight excluding hydrogens is 446 g/mol. The van der Waals surface area contributed by atoms with Crippen molar-refractivity contribution >= 4 is 34.3 Å². The van der Waals surface area contributed by atoms with Gasteiger partial charge in [0.2, 0.25) is 0 Å². The van der Waals surface area contributed by atoms with Crippen molar-refractivity contribution in [2.75, 3.05) is 11.5 Å². The van der Waals surface area contributed by atoms with Gasteiger partial charge in [-0.15, -0.1) is 0 Å². The zero-order valence-corrected chi connectivity index (χ0v) is 18.6. The molecule has 0 radical (unpaired) electrons. The molecule has 0 saturated heterocycles. The zero-order chi connectivity index (χ0) is 23.5. The van der Waals surface area contributed by atoms with E-state index in [2.05, 4.69) is 9.97 Å². The number of nitrogens with two attached hydrogens (primary N) is 1. The first-order valence-electron chi connectivity index (χ1n) is 10.2. The number of rotatable bonds is 8. The molecule has 33 heavy (non-hydrogen) atoms. The number of H-pyrrole nitrogens is 1. The number of nitrogens with one attached hydrogen (secondary N) is 1. The van der Waals surface area contributed by atoms with E-state index < -0.39 is 17.0 Å². The maximum absolute atomic E-state index is 13.1. The van der Waals surface area contributed by atoms with Crippen LogP contribution in [0.2, 0.25) is 0 Å². The molecule has 3 N–H and O–H groups in total. The van der Waals surface area contributed by atoms with Crippen molar-refractivity contribution in [1.82, 2.24) is 19.1 Å². The number of furan rings is 1. The van der Waals surface area contributed by atoms with Gasteiger partial charge in [0, 0.05) is 6.54 Å². The Bertz CT molecular complexity index is 1500. The molecule has 0 unspecified atom stereocenters. The van der Waals surface area contributed by atoms with Crippen LogP contribution < -0.4 is 22.5 Å². The number of benzene rings is 1. The second-order valence-electron chi connectivity index (χ2n) is 7.27. The molecule has 0 aliphatic heterocycles. The normalized spacial score (nSPS) is 11.2. The Hall–Kier alpha value is -3.86. The van der Waals surface area contributed by atoms with Gasteiger partial charge in [-0.2, -0.15) is 0 Å². The highest BCUT2D eigenvalue weighted by atomic mass is 32.2. The molecule has 4 rings (SSSR count). The summed E-state index contributed by atoms with van der Waals surface area (Å²) in [7, 11) is 0. The third-order valence-corrected chi connectivity index (χ3v) is 6.00. The van der Waals surface area contributed by atoms with E-state index >= 15 is 0 Å². The van der Waals surface area contributed by atoms with Gasteiger partial charge in [0.25, 0.3) is 11.1 Å². The number of carbonyl (C=O) groups is 1. The maximum Gasteiger partial charge on any atom is 0.329 e. The molecule has 3 aromatic heterocycles. The largest absolute Gasteiger partial charge is 0.467 e. The second kappa shape index (κ2) is 9.33. The lowest BCUT2D eigenvalue weighted by Gasteiger charge is -2.13. The summed E-state index contributed by atoms with van der Waals surface area (Å²) in [4.78, 5) is 57.1. The number of aromatic nitrogens is 4. The SMILES string of the molecule is CCCn1c(N)c(C(=O)CSc2nc3ccccc3c(=O)n2Cc2ccco2)c(=O)[nH]c1=O. The van der Waals surface area contributed by atoms with E-state index in [-0.39, 0.29) is 35.8 Å². The molecule has 0 fully saturated rings. The molecular formula is C22H21N5O5S. The monoisotopic (exact) mass is 467 g/mol. The van der Waals surface area contributed by atoms with Crippen molar-refractivity contribution in [3.05, 3.63) is 85.2 Å². The third kappa shape index (κ3) is 4.40. The van der Waals surface area contributed by atoms with E-state index in [1.54, 1.807) is 36.4 Å². The van der Waals surface area contributed by atoms with Gasteiger partial charge in [0.15, 0.2) is 10.9 Å². The van der Waals surface area contributed by atoms with Gasteiger partial charge in [-0.1, -0.05) is 30.8 Å². The zero-order valence-electron chi connectivity index (χ0n) is 17.7. The third-order valence-electron chi connectivity index (χ3n) is 5.02. The van der Waals surface area contributed by atoms with Crippen LogP contribution in [0.5, 0.6) is 0 Å². The average molecular weight is 468 g/mol. The van der Waals surface area contributed by atoms with Gasteiger partial charge in [-0.25, -0.2) is 9.78 Å². The minimum Gasteiger partial charge on any atom is -0.467 e. The molecule has 3 heterocycles. The topological polar surface area (TPSA) is 146 Å². The Morgan fingerprint density at radius 1 is 1.15 bits per heavy atom. The fraction of sp³-hybridized carbons (Fsp3) is 0.227. The number of fused-ring (bicyclic) bond motifs is 1. The number of thioether (sulfide) groups is 1. The molecule has 0 atom stereocenters. The van der Waals surface area contributed by atoms with Crippen LogP contribution in [0.25, 0.3) is 10.9 Å². The summed E-state index contributed by atoms with van der Waals surface area (Å²) in [6.45, 7) is 2.24. The van der Waals surface area contributed by atoms with Crippen molar-refractivity contribution < 1.29 is 9.21 Å². The number of anilines is 1. The van der Waals surface area contributed by atoms with Crippen molar-refractivity contribution in [3.63, 3.8) is 0 Å². The van der Waals surface area contributed by atoms with Gasteiger partial charge in [0.1, 0.15) is 17.1 Å². The van der Waals surface area contributed by atoms with Gasteiger partial charge in [-0.05, 0) is 30.7 Å². The second-order valence-corrected chi connectivity index (χ2v) is 8.21. The van der Waals surface area contributed by atoms with Crippen molar-refractivity contribution in [1.29, 1.82) is 0 Å².